The van der Waals surface area contributed by atoms with Gasteiger partial charge in [-0.05, 0) is 87.6 Å². The molecular formula is C57H43BN3O2S. The molecule has 5 heterocycles. The fourth-order valence-corrected chi connectivity index (χ4v) is 11.1. The number of furan rings is 2. The van der Waals surface area contributed by atoms with Gasteiger partial charge in [0, 0.05) is 55.5 Å². The molecule has 0 aliphatic carbocycles. The lowest BCUT2D eigenvalue weighted by atomic mass is 9.58. The van der Waals surface area contributed by atoms with Crippen molar-refractivity contribution in [2.75, 3.05) is 5.32 Å². The summed E-state index contributed by atoms with van der Waals surface area (Å²) in [6, 6.07) is 52.5. The highest BCUT2D eigenvalue weighted by molar-refractivity contribution is 7.21. The molecule has 0 spiro atoms. The minimum absolute atomic E-state index is 0.0361. The van der Waals surface area contributed by atoms with Crippen LogP contribution in [0.5, 0.6) is 0 Å². The summed E-state index contributed by atoms with van der Waals surface area (Å²) in [6.45, 7) is 13.6. The van der Waals surface area contributed by atoms with E-state index in [2.05, 4.69) is 198 Å². The monoisotopic (exact) mass is 844 g/mol. The lowest BCUT2D eigenvalue weighted by molar-refractivity contribution is 0.590. The molecule has 0 atom stereocenters. The highest BCUT2D eigenvalue weighted by Crippen LogP contribution is 2.49. The smallest absolute Gasteiger partial charge is 0.198 e. The van der Waals surface area contributed by atoms with Gasteiger partial charge in [-0.2, -0.15) is 0 Å². The highest BCUT2D eigenvalue weighted by atomic mass is 32.1. The molecule has 13 rings (SSSR count). The van der Waals surface area contributed by atoms with E-state index in [1.54, 1.807) is 11.3 Å². The lowest BCUT2D eigenvalue weighted by Gasteiger charge is -2.25. The van der Waals surface area contributed by atoms with Crippen LogP contribution in [0.1, 0.15) is 52.7 Å². The maximum Gasteiger partial charge on any atom is 0.198 e. The zero-order valence-corrected chi connectivity index (χ0v) is 37.4. The number of hydrogen-bond donors (Lipinski definition) is 1. The third kappa shape index (κ3) is 5.53. The molecule has 0 saturated heterocycles. The van der Waals surface area contributed by atoms with Crippen LogP contribution >= 0.6 is 11.3 Å². The second-order valence-corrected chi connectivity index (χ2v) is 20.5. The molecule has 0 unspecified atom stereocenters. The summed E-state index contributed by atoms with van der Waals surface area (Å²) in [7, 11) is 2.41. The number of para-hydroxylation sites is 2. The second kappa shape index (κ2) is 13.2. The zero-order chi connectivity index (χ0) is 43.2. The number of nitrogens with one attached hydrogen (secondary N) is 1. The fraction of sp³-hybridized carbons (Fsp3) is 0.140. The van der Waals surface area contributed by atoms with Crippen LogP contribution in [0.2, 0.25) is 0 Å². The summed E-state index contributed by atoms with van der Waals surface area (Å²) in [4.78, 5) is 5.24. The second-order valence-electron chi connectivity index (χ2n) is 19.5. The molecule has 1 aliphatic rings. The van der Waals surface area contributed by atoms with Crippen molar-refractivity contribution < 1.29 is 8.83 Å². The molecule has 1 N–H and O–H groups in total. The molecule has 0 fully saturated rings. The van der Waals surface area contributed by atoms with Crippen molar-refractivity contribution in [3.63, 3.8) is 0 Å². The molecule has 1 aliphatic heterocycles. The molecule has 8 aromatic carbocycles. The maximum absolute atomic E-state index is 7.18. The van der Waals surface area contributed by atoms with Gasteiger partial charge in [0.05, 0.1) is 32.3 Å². The van der Waals surface area contributed by atoms with Crippen molar-refractivity contribution >= 4 is 117 Å². The van der Waals surface area contributed by atoms with Crippen LogP contribution in [0.4, 0.5) is 11.4 Å². The van der Waals surface area contributed by atoms with Crippen LogP contribution in [0, 0.1) is 0 Å². The van der Waals surface area contributed by atoms with Gasteiger partial charge in [0.25, 0.3) is 0 Å². The van der Waals surface area contributed by atoms with Crippen molar-refractivity contribution in [1.82, 2.24) is 9.55 Å². The summed E-state index contributed by atoms with van der Waals surface area (Å²) >= 11 is 1.75. The van der Waals surface area contributed by atoms with Gasteiger partial charge in [0.2, 0.25) is 0 Å². The van der Waals surface area contributed by atoms with Crippen LogP contribution < -0.4 is 16.2 Å². The quantitative estimate of drug-likeness (QED) is 0.179. The van der Waals surface area contributed by atoms with Gasteiger partial charge in [0.15, 0.2) is 7.28 Å². The Kier molecular flexibility index (Phi) is 7.74. The Morgan fingerprint density at radius 1 is 0.609 bits per heavy atom. The standard InChI is InChI=1S/C57H43BN3O2S/c1-56(2,3)32-20-23-34(24-21-32)59-41-29-47-37(35-16-10-12-18-45(35)62-47)27-38(41)49-50-36-17-11-13-19-46(36)63-54(50)51-39-26-33(57(4,5)6)22-25-43(39)61-44-30-48-42(28-40(44)58-52(49)53(51)61)60-55(64-48)31-14-8-7-9-15-31/h7-30,59H,1-6H3. The first-order valence-corrected chi connectivity index (χ1v) is 22.9. The van der Waals surface area contributed by atoms with Crippen LogP contribution in [0.3, 0.4) is 0 Å². The first-order valence-electron chi connectivity index (χ1n) is 22.1. The van der Waals surface area contributed by atoms with E-state index < -0.39 is 0 Å². The molecule has 7 heteroatoms. The van der Waals surface area contributed by atoms with E-state index in [0.29, 0.717) is 0 Å². The number of benzene rings is 8. The molecule has 1 radical (unpaired) electrons. The van der Waals surface area contributed by atoms with Crippen molar-refractivity contribution in [3.8, 4) is 27.4 Å². The summed E-state index contributed by atoms with van der Waals surface area (Å²) < 4.78 is 17.4. The Bertz CT molecular complexity index is 3910. The Labute approximate surface area is 375 Å². The third-order valence-electron chi connectivity index (χ3n) is 13.3. The summed E-state index contributed by atoms with van der Waals surface area (Å²) in [5, 5.41) is 11.6. The van der Waals surface area contributed by atoms with Gasteiger partial charge >= 0.3 is 0 Å². The highest BCUT2D eigenvalue weighted by Gasteiger charge is 2.33. The SMILES string of the molecule is CC(C)(C)c1ccc(Nc2cc3oc4ccccc4c3cc2-c2c3c4c(c5cc(C(C)(C)C)ccc5n4-c4cc5sc(-c6ccccc6)nc5cc4[B]3)c3oc4ccccc4c23)cc1. The minimum atomic E-state index is -0.0559. The summed E-state index contributed by atoms with van der Waals surface area (Å²) in [6.07, 6.45) is 0. The zero-order valence-electron chi connectivity index (χ0n) is 36.6. The van der Waals surface area contributed by atoms with Gasteiger partial charge in [-0.25, -0.2) is 4.98 Å². The molecular weight excluding hydrogens is 802 g/mol. The normalized spacial score (nSPS) is 13.0. The number of anilines is 2. The number of nitrogens with zero attached hydrogens (tertiary/aromatic N) is 2. The maximum atomic E-state index is 7.18. The number of rotatable bonds is 4. The average Bonchev–Trinajstić information content (AvgIpc) is 4.06. The molecule has 0 saturated carbocycles. The van der Waals surface area contributed by atoms with E-state index >= 15 is 0 Å². The first-order chi connectivity index (χ1) is 31.0. The van der Waals surface area contributed by atoms with Crippen molar-refractivity contribution in [3.05, 3.63) is 157 Å². The van der Waals surface area contributed by atoms with Crippen molar-refractivity contribution in [1.29, 1.82) is 0 Å². The van der Waals surface area contributed by atoms with E-state index in [4.69, 9.17) is 13.8 Å². The predicted octanol–water partition coefficient (Wildman–Crippen LogP) is 14.8. The number of fused-ring (bicyclic) bond motifs is 13. The van der Waals surface area contributed by atoms with E-state index in [9.17, 15) is 0 Å². The van der Waals surface area contributed by atoms with Gasteiger partial charge in [-0.3, -0.25) is 0 Å². The van der Waals surface area contributed by atoms with E-state index in [0.717, 1.165) is 120 Å². The summed E-state index contributed by atoms with van der Waals surface area (Å²) in [5.41, 5.74) is 18.0. The van der Waals surface area contributed by atoms with Crippen LogP contribution in [0.15, 0.2) is 154 Å². The Balaban J connectivity index is 1.18. The lowest BCUT2D eigenvalue weighted by Crippen LogP contribution is -2.37. The average molecular weight is 845 g/mol. The number of aromatic nitrogens is 2. The van der Waals surface area contributed by atoms with Crippen LogP contribution in [0.25, 0.3) is 103 Å². The molecule has 4 aromatic heterocycles. The molecule has 64 heavy (non-hydrogen) atoms. The largest absolute Gasteiger partial charge is 0.456 e. The van der Waals surface area contributed by atoms with Gasteiger partial charge in [0.1, 0.15) is 27.3 Å². The summed E-state index contributed by atoms with van der Waals surface area (Å²) in [5.74, 6) is 0. The van der Waals surface area contributed by atoms with Crippen LogP contribution in [-0.4, -0.2) is 16.8 Å². The van der Waals surface area contributed by atoms with E-state index in [1.165, 1.54) is 16.5 Å². The molecule has 0 amide bonds. The topological polar surface area (TPSA) is 56.1 Å². The van der Waals surface area contributed by atoms with Gasteiger partial charge in [-0.1, -0.05) is 132 Å². The Morgan fingerprint density at radius 2 is 1.31 bits per heavy atom. The van der Waals surface area contributed by atoms with Gasteiger partial charge in [-0.15, -0.1) is 11.3 Å². The van der Waals surface area contributed by atoms with E-state index in [1.807, 2.05) is 6.07 Å². The van der Waals surface area contributed by atoms with Crippen LogP contribution in [-0.2, 0) is 10.8 Å². The first kappa shape index (κ1) is 37.5. The fourth-order valence-electron chi connectivity index (χ4n) is 10.1. The third-order valence-corrected chi connectivity index (χ3v) is 14.4. The number of thiazole rings is 1. The van der Waals surface area contributed by atoms with Gasteiger partial charge < -0.3 is 18.7 Å². The minimum Gasteiger partial charge on any atom is -0.456 e. The molecule has 0 bridgehead atoms. The van der Waals surface area contributed by atoms with Crippen molar-refractivity contribution in [2.24, 2.45) is 0 Å². The Hall–Kier alpha value is -7.09. The molecule has 307 valence electrons. The van der Waals surface area contributed by atoms with E-state index in [-0.39, 0.29) is 10.8 Å². The molecule has 5 nitrogen and oxygen atoms in total. The molecule has 12 aromatic rings. The number of hydrogen-bond acceptors (Lipinski definition) is 5. The van der Waals surface area contributed by atoms with Crippen molar-refractivity contribution in [2.45, 2.75) is 52.4 Å². The predicted molar refractivity (Wildman–Crippen MR) is 272 cm³/mol. The Morgan fingerprint density at radius 3 is 2.08 bits per heavy atom.